The molecule has 2 aromatic carbocycles. The van der Waals surface area contributed by atoms with Crippen molar-refractivity contribution in [1.82, 2.24) is 9.80 Å². The zero-order valence-corrected chi connectivity index (χ0v) is 29.9. The Bertz CT molecular complexity index is 955. The molecule has 41 heavy (non-hydrogen) atoms. The molecule has 0 aliphatic rings. The molecule has 0 fully saturated rings. The van der Waals surface area contributed by atoms with E-state index in [1.807, 2.05) is 52.2 Å². The summed E-state index contributed by atoms with van der Waals surface area (Å²) in [5.41, 5.74) is 5.14. The predicted octanol–water partition coefficient (Wildman–Crippen LogP) is 4.12. The van der Waals surface area contributed by atoms with Crippen molar-refractivity contribution in [2.45, 2.75) is 119 Å². The molecule has 0 unspecified atom stereocenters. The van der Waals surface area contributed by atoms with Crippen LogP contribution in [0.15, 0.2) is 24.3 Å². The molecule has 0 radical (unpaired) electrons. The van der Waals surface area contributed by atoms with Crippen LogP contribution < -0.4 is 20.4 Å². The van der Waals surface area contributed by atoms with E-state index in [2.05, 4.69) is 51.3 Å². The smallest absolute Gasteiger partial charge is 0.872 e. The Morgan fingerprint density at radius 2 is 0.927 bits per heavy atom. The molecule has 0 saturated heterocycles. The van der Waals surface area contributed by atoms with Gasteiger partial charge in [0, 0.05) is 26.2 Å². The van der Waals surface area contributed by atoms with E-state index in [4.69, 9.17) is 0 Å². The van der Waals surface area contributed by atoms with Crippen molar-refractivity contribution in [1.29, 1.82) is 0 Å². The summed E-state index contributed by atoms with van der Waals surface area (Å²) in [6.45, 7) is 25.8. The monoisotopic (exact) mass is 604 g/mol. The van der Waals surface area contributed by atoms with Crippen LogP contribution in [0.5, 0.6) is 11.5 Å². The van der Waals surface area contributed by atoms with E-state index in [-0.39, 0.29) is 44.0 Å². The molecule has 0 N–H and O–H groups in total. The maximum absolute atomic E-state index is 13.3. The molecule has 2 rings (SSSR count). The first-order valence-electron chi connectivity index (χ1n) is 14.4. The van der Waals surface area contributed by atoms with E-state index >= 15 is 0 Å². The Morgan fingerprint density at radius 3 is 1.17 bits per heavy atom. The number of nitrogens with zero attached hydrogens (tertiary/aromatic N) is 2. The van der Waals surface area contributed by atoms with Gasteiger partial charge in [0.15, 0.2) is 0 Å². The van der Waals surface area contributed by atoms with Crippen LogP contribution in [0.4, 0.5) is 0 Å². The Labute approximate surface area is 266 Å². The van der Waals surface area contributed by atoms with Gasteiger partial charge in [0.2, 0.25) is 0 Å². The summed E-state index contributed by atoms with van der Waals surface area (Å²) in [7, 11) is 4.09. The second kappa shape index (κ2) is 18.3. The van der Waals surface area contributed by atoms with Gasteiger partial charge in [-0.2, -0.15) is 0 Å². The van der Waals surface area contributed by atoms with Crippen molar-refractivity contribution < 1.29 is 42.1 Å². The van der Waals surface area contributed by atoms with Crippen LogP contribution in [0.2, 0.25) is 0 Å². The molecule has 6 nitrogen and oxygen atoms in total. The molecule has 0 aromatic heterocycles. The number of hydrogen-bond donors (Lipinski definition) is 0. The van der Waals surface area contributed by atoms with Gasteiger partial charge in [-0.15, -0.1) is 23.7 Å². The van der Waals surface area contributed by atoms with Gasteiger partial charge in [-0.05, 0) is 61.0 Å². The van der Waals surface area contributed by atoms with E-state index in [1.165, 1.54) is 0 Å². The molecule has 0 bridgehead atoms. The quantitative estimate of drug-likeness (QED) is 0.441. The van der Waals surface area contributed by atoms with Crippen molar-refractivity contribution in [3.8, 4) is 11.5 Å². The van der Waals surface area contributed by atoms with Gasteiger partial charge in [0.25, 0.3) is 0 Å². The molecule has 7 heteroatoms. The molecular weight excluding hydrogens is 548 g/mol. The van der Waals surface area contributed by atoms with Gasteiger partial charge in [-0.1, -0.05) is 105 Å². The predicted molar refractivity (Wildman–Crippen MR) is 162 cm³/mol. The van der Waals surface area contributed by atoms with E-state index in [0.29, 0.717) is 13.1 Å². The van der Waals surface area contributed by atoms with Crippen LogP contribution in [0, 0.1) is 13.8 Å². The first kappa shape index (κ1) is 41.7. The molecule has 2 aromatic rings. The summed E-state index contributed by atoms with van der Waals surface area (Å²) < 4.78 is 0. The van der Waals surface area contributed by atoms with Crippen LogP contribution in [-0.4, -0.2) is 49.2 Å². The molecule has 0 amide bonds. The normalized spacial score (nSPS) is 11.7. The molecule has 230 valence electrons. The molecule has 0 atom stereocenters. The maximum atomic E-state index is 13.3. The van der Waals surface area contributed by atoms with E-state index in [1.54, 1.807) is 27.7 Å². The number of benzene rings is 2. The van der Waals surface area contributed by atoms with Crippen molar-refractivity contribution in [2.24, 2.45) is 0 Å². The van der Waals surface area contributed by atoms with Crippen molar-refractivity contribution in [3.05, 3.63) is 57.6 Å². The summed E-state index contributed by atoms with van der Waals surface area (Å²) in [5, 5.41) is 45.7. The largest absolute Gasteiger partial charge is 4.00 e. The first-order chi connectivity index (χ1) is 18.1. The number of hydrogen-bond acceptors (Lipinski definition) is 6. The standard InChI is InChI=1S/C28H44N2O2.2C3H7O.Ti/c1-19-13-21(25(31)23(15-19)27(3,4)5)17-30(12-11-29(9)10)18-22-14-20(2)16-24(26(22)32)28(6,7)8;2*1-3(2)4;/h13-16,31-32H,11-12,17-18H2,1-10H3;2*3H,1-2H3;/q;2*-1;+4/p-2. The average molecular weight is 605 g/mol. The summed E-state index contributed by atoms with van der Waals surface area (Å²) in [6.07, 6.45) is -0.833. The minimum atomic E-state index is -0.417. The zero-order valence-electron chi connectivity index (χ0n) is 28.3. The van der Waals surface area contributed by atoms with Crippen LogP contribution >= 0.6 is 0 Å². The summed E-state index contributed by atoms with van der Waals surface area (Å²) in [4.78, 5) is 4.38. The van der Waals surface area contributed by atoms with Gasteiger partial charge in [0.1, 0.15) is 0 Å². The minimum Gasteiger partial charge on any atom is -0.872 e. The van der Waals surface area contributed by atoms with Crippen molar-refractivity contribution in [2.75, 3.05) is 27.2 Å². The molecule has 0 aliphatic carbocycles. The molecule has 0 saturated carbocycles. The Hall–Kier alpha value is -1.41. The fourth-order valence-corrected chi connectivity index (χ4v) is 4.08. The fourth-order valence-electron chi connectivity index (χ4n) is 4.08. The summed E-state index contributed by atoms with van der Waals surface area (Å²) in [6, 6.07) is 8.05. The third-order valence-corrected chi connectivity index (χ3v) is 5.89. The van der Waals surface area contributed by atoms with Crippen LogP contribution in [0.25, 0.3) is 0 Å². The number of aryl methyl sites for hydroxylation is 2. The molecular formula is C34H56N2O4Ti. The van der Waals surface area contributed by atoms with Gasteiger partial charge in [0.05, 0.1) is 0 Å². The molecule has 0 spiro atoms. The third-order valence-electron chi connectivity index (χ3n) is 5.89. The van der Waals surface area contributed by atoms with Crippen LogP contribution in [-0.2, 0) is 45.6 Å². The van der Waals surface area contributed by atoms with Gasteiger partial charge in [-0.25, -0.2) is 0 Å². The zero-order chi connectivity index (χ0) is 31.6. The Balaban J connectivity index is 0. The minimum absolute atomic E-state index is 0. The van der Waals surface area contributed by atoms with Crippen molar-refractivity contribution in [3.63, 3.8) is 0 Å². The Morgan fingerprint density at radius 1 is 0.634 bits per heavy atom. The molecule has 0 heterocycles. The van der Waals surface area contributed by atoms with Crippen LogP contribution in [0.1, 0.15) is 103 Å². The van der Waals surface area contributed by atoms with Gasteiger partial charge < -0.3 is 25.3 Å². The Kier molecular flexibility index (Phi) is 18.6. The van der Waals surface area contributed by atoms with E-state index in [0.717, 1.165) is 46.5 Å². The maximum Gasteiger partial charge on any atom is 4.00 e. The second-order valence-corrected chi connectivity index (χ2v) is 13.7. The SMILES string of the molecule is CC(C)[O-].CC(C)[O-].Cc1cc(CN(CCN(C)C)Cc2cc(C)cc(C(C)(C)C)c2[O-])c([O-])c(C(C)(C)C)c1.[Ti+4]. The second-order valence-electron chi connectivity index (χ2n) is 13.7. The average Bonchev–Trinajstić information content (AvgIpc) is 2.74. The number of likely N-dealkylation sites (N-methyl/N-ethyl adjacent to an activating group) is 1. The van der Waals surface area contributed by atoms with Gasteiger partial charge in [-0.3, -0.25) is 4.90 Å². The summed E-state index contributed by atoms with van der Waals surface area (Å²) in [5.74, 6) is 0.250. The number of rotatable bonds is 7. The fraction of sp³-hybridized carbons (Fsp3) is 0.647. The van der Waals surface area contributed by atoms with E-state index < -0.39 is 12.2 Å². The topological polar surface area (TPSA) is 98.7 Å². The van der Waals surface area contributed by atoms with Crippen LogP contribution in [0.3, 0.4) is 0 Å². The van der Waals surface area contributed by atoms with Crippen molar-refractivity contribution >= 4 is 0 Å². The van der Waals surface area contributed by atoms with Gasteiger partial charge >= 0.3 is 21.7 Å². The molecule has 0 aliphatic heterocycles. The summed E-state index contributed by atoms with van der Waals surface area (Å²) >= 11 is 0. The third kappa shape index (κ3) is 16.7. The first-order valence-corrected chi connectivity index (χ1v) is 14.4. The van der Waals surface area contributed by atoms with E-state index in [9.17, 15) is 20.4 Å².